The molecule has 0 unspecified atom stereocenters. The maximum atomic E-state index is 5.98. The van der Waals surface area contributed by atoms with Crippen molar-refractivity contribution in [1.29, 1.82) is 0 Å². The van der Waals surface area contributed by atoms with Gasteiger partial charge in [-0.3, -0.25) is 0 Å². The van der Waals surface area contributed by atoms with Gasteiger partial charge in [-0.1, -0.05) is 38.1 Å². The maximum absolute atomic E-state index is 5.98. The Kier molecular flexibility index (Phi) is 5.48. The molecule has 2 aromatic rings. The quantitative estimate of drug-likeness (QED) is 0.780. The molecular weight excluding hydrogens is 270 g/mol. The van der Waals surface area contributed by atoms with E-state index in [0.29, 0.717) is 5.92 Å². The maximum Gasteiger partial charge on any atom is 0.119 e. The Bertz CT molecular complexity index is 602. The average molecular weight is 297 g/mol. The highest BCUT2D eigenvalue weighted by Crippen LogP contribution is 2.20. The molecule has 0 aliphatic rings. The number of nitrogens with one attached hydrogen (secondary N) is 1. The van der Waals surface area contributed by atoms with Gasteiger partial charge in [-0.25, -0.2) is 0 Å². The van der Waals surface area contributed by atoms with E-state index >= 15 is 0 Å². The van der Waals surface area contributed by atoms with Crippen molar-refractivity contribution >= 4 is 5.69 Å². The Morgan fingerprint density at radius 2 is 1.64 bits per heavy atom. The third kappa shape index (κ3) is 4.52. The van der Waals surface area contributed by atoms with Crippen LogP contribution in [0, 0.1) is 13.8 Å². The minimum atomic E-state index is 0.116. The molecule has 0 amide bonds. The van der Waals surface area contributed by atoms with E-state index in [1.165, 1.54) is 22.4 Å². The summed E-state index contributed by atoms with van der Waals surface area (Å²) in [7, 11) is 0. The number of aryl methyl sites for hydroxylation is 2. The van der Waals surface area contributed by atoms with Gasteiger partial charge in [0.25, 0.3) is 0 Å². The predicted octanol–water partition coefficient (Wildman–Crippen LogP) is 5.31. The van der Waals surface area contributed by atoms with Crippen molar-refractivity contribution in [2.75, 3.05) is 11.9 Å². The molecule has 0 aliphatic heterocycles. The molecule has 0 spiro atoms. The van der Waals surface area contributed by atoms with Crippen molar-refractivity contribution in [3.8, 4) is 5.75 Å². The van der Waals surface area contributed by atoms with E-state index in [2.05, 4.69) is 82.4 Å². The summed E-state index contributed by atoms with van der Waals surface area (Å²) >= 11 is 0. The number of hydrogen-bond donors (Lipinski definition) is 1. The fourth-order valence-corrected chi connectivity index (χ4v) is 2.39. The van der Waals surface area contributed by atoms with Crippen molar-refractivity contribution in [2.45, 2.75) is 46.6 Å². The average Bonchev–Trinajstić information content (AvgIpc) is 2.49. The van der Waals surface area contributed by atoms with Crippen molar-refractivity contribution < 1.29 is 4.74 Å². The van der Waals surface area contributed by atoms with Crippen molar-refractivity contribution in [3.05, 3.63) is 59.2 Å². The monoisotopic (exact) mass is 297 g/mol. The normalized spacial score (nSPS) is 12.3. The second kappa shape index (κ2) is 7.35. The molecule has 0 radical (unpaired) electrons. The second-order valence-corrected chi connectivity index (χ2v) is 6.35. The highest BCUT2D eigenvalue weighted by atomic mass is 16.5. The number of ether oxygens (including phenoxy) is 1. The van der Waals surface area contributed by atoms with Gasteiger partial charge in [-0.15, -0.1) is 0 Å². The highest BCUT2D eigenvalue weighted by molar-refractivity contribution is 5.52. The molecule has 22 heavy (non-hydrogen) atoms. The van der Waals surface area contributed by atoms with Crippen LogP contribution in [0.1, 0.15) is 43.4 Å². The van der Waals surface area contributed by atoms with Crippen LogP contribution in [0.25, 0.3) is 0 Å². The van der Waals surface area contributed by atoms with E-state index < -0.39 is 0 Å². The summed E-state index contributed by atoms with van der Waals surface area (Å²) in [5, 5.41) is 3.48. The zero-order valence-electron chi connectivity index (χ0n) is 14.3. The molecular formula is C20H27NO. The molecule has 2 rings (SSSR count). The molecule has 118 valence electrons. The van der Waals surface area contributed by atoms with Gasteiger partial charge in [0, 0.05) is 5.69 Å². The summed E-state index contributed by atoms with van der Waals surface area (Å²) in [5.74, 6) is 1.48. The van der Waals surface area contributed by atoms with Crippen molar-refractivity contribution in [2.24, 2.45) is 0 Å². The van der Waals surface area contributed by atoms with Gasteiger partial charge in [-0.05, 0) is 61.6 Å². The van der Waals surface area contributed by atoms with E-state index in [1.54, 1.807) is 0 Å². The smallest absolute Gasteiger partial charge is 0.119 e. The summed E-state index contributed by atoms with van der Waals surface area (Å²) in [6.07, 6.45) is 0.116. The first-order valence-electron chi connectivity index (χ1n) is 8.03. The number of benzene rings is 2. The minimum Gasteiger partial charge on any atom is -0.489 e. The van der Waals surface area contributed by atoms with Crippen LogP contribution in [0.5, 0.6) is 5.75 Å². The third-order valence-corrected chi connectivity index (χ3v) is 3.86. The molecule has 2 heteroatoms. The third-order valence-electron chi connectivity index (χ3n) is 3.86. The first-order valence-corrected chi connectivity index (χ1v) is 8.03. The fourth-order valence-electron chi connectivity index (χ4n) is 2.39. The number of anilines is 1. The molecule has 0 aromatic heterocycles. The zero-order valence-corrected chi connectivity index (χ0v) is 14.3. The molecule has 1 N–H and O–H groups in total. The summed E-state index contributed by atoms with van der Waals surface area (Å²) < 4.78 is 5.98. The van der Waals surface area contributed by atoms with Gasteiger partial charge < -0.3 is 10.1 Å². The van der Waals surface area contributed by atoms with E-state index in [0.717, 1.165) is 12.3 Å². The van der Waals surface area contributed by atoms with Crippen LogP contribution in [0.3, 0.4) is 0 Å². The summed E-state index contributed by atoms with van der Waals surface area (Å²) in [4.78, 5) is 0. The van der Waals surface area contributed by atoms with E-state index in [-0.39, 0.29) is 6.10 Å². The van der Waals surface area contributed by atoms with Gasteiger partial charge in [-0.2, -0.15) is 0 Å². The van der Waals surface area contributed by atoms with Gasteiger partial charge >= 0.3 is 0 Å². The van der Waals surface area contributed by atoms with Crippen LogP contribution in [0.4, 0.5) is 5.69 Å². The van der Waals surface area contributed by atoms with Gasteiger partial charge in [0.05, 0.1) is 6.54 Å². The zero-order chi connectivity index (χ0) is 16.1. The van der Waals surface area contributed by atoms with Crippen LogP contribution in [-0.2, 0) is 0 Å². The van der Waals surface area contributed by atoms with Crippen molar-refractivity contribution in [3.63, 3.8) is 0 Å². The van der Waals surface area contributed by atoms with Crippen LogP contribution < -0.4 is 10.1 Å². The topological polar surface area (TPSA) is 21.3 Å². The first-order chi connectivity index (χ1) is 10.5. The standard InChI is InChI=1S/C20H27NO/c1-14(2)18-8-10-19(11-9-18)22-17(5)13-21-20-12-15(3)6-7-16(20)4/h6-12,14,17,21H,13H2,1-5H3/t17-/m1/s1. The highest BCUT2D eigenvalue weighted by Gasteiger charge is 2.06. The molecule has 0 fully saturated rings. The predicted molar refractivity (Wildman–Crippen MR) is 95.0 cm³/mol. The van der Waals surface area contributed by atoms with E-state index in [4.69, 9.17) is 4.74 Å². The van der Waals surface area contributed by atoms with Gasteiger partial charge in [0.2, 0.25) is 0 Å². The largest absolute Gasteiger partial charge is 0.489 e. The summed E-state index contributed by atoms with van der Waals surface area (Å²) in [5.41, 5.74) is 5.06. The van der Waals surface area contributed by atoms with Crippen LogP contribution in [0.2, 0.25) is 0 Å². The number of rotatable bonds is 6. The van der Waals surface area contributed by atoms with E-state index in [1.807, 2.05) is 0 Å². The van der Waals surface area contributed by atoms with Crippen molar-refractivity contribution in [1.82, 2.24) is 0 Å². The lowest BCUT2D eigenvalue weighted by Crippen LogP contribution is -2.23. The molecule has 0 bridgehead atoms. The second-order valence-electron chi connectivity index (χ2n) is 6.35. The Hall–Kier alpha value is -1.96. The molecule has 1 atom stereocenters. The van der Waals surface area contributed by atoms with Crippen LogP contribution in [0.15, 0.2) is 42.5 Å². The molecule has 0 saturated carbocycles. The minimum absolute atomic E-state index is 0.116. The lowest BCUT2D eigenvalue weighted by atomic mass is 10.0. The molecule has 0 aliphatic carbocycles. The Labute approximate surface area is 134 Å². The lowest BCUT2D eigenvalue weighted by molar-refractivity contribution is 0.234. The van der Waals surface area contributed by atoms with Crippen LogP contribution >= 0.6 is 0 Å². The fraction of sp³-hybridized carbons (Fsp3) is 0.400. The molecule has 2 nitrogen and oxygen atoms in total. The first kappa shape index (κ1) is 16.4. The Morgan fingerprint density at radius 3 is 2.27 bits per heavy atom. The van der Waals surface area contributed by atoms with Gasteiger partial charge in [0.1, 0.15) is 11.9 Å². The summed E-state index contributed by atoms with van der Waals surface area (Å²) in [6, 6.07) is 14.9. The van der Waals surface area contributed by atoms with Crippen LogP contribution in [-0.4, -0.2) is 12.6 Å². The Balaban J connectivity index is 1.90. The molecule has 2 aromatic carbocycles. The molecule has 0 heterocycles. The number of hydrogen-bond acceptors (Lipinski definition) is 2. The summed E-state index contributed by atoms with van der Waals surface area (Å²) in [6.45, 7) is 11.5. The lowest BCUT2D eigenvalue weighted by Gasteiger charge is -2.18. The van der Waals surface area contributed by atoms with Gasteiger partial charge in [0.15, 0.2) is 0 Å². The molecule has 0 saturated heterocycles. The SMILES string of the molecule is Cc1ccc(C)c(NC[C@@H](C)Oc2ccc(C(C)C)cc2)c1. The Morgan fingerprint density at radius 1 is 0.955 bits per heavy atom. The van der Waals surface area contributed by atoms with E-state index in [9.17, 15) is 0 Å².